The van der Waals surface area contributed by atoms with Crippen LogP contribution >= 0.6 is 0 Å². The van der Waals surface area contributed by atoms with Gasteiger partial charge in [-0.15, -0.1) is 0 Å². The average molecular weight is 481 g/mol. The Labute approximate surface area is 211 Å². The number of hydrogen-bond acceptors (Lipinski definition) is 2. The molecule has 4 saturated carbocycles. The van der Waals surface area contributed by atoms with Gasteiger partial charge in [0.2, 0.25) is 0 Å². The molecule has 0 radical (unpaired) electrons. The lowest BCUT2D eigenvalue weighted by atomic mass is 9.31. The topological polar surface area (TPSA) is 57.9 Å². The van der Waals surface area contributed by atoms with Crippen LogP contribution in [0, 0.1) is 50.7 Å². The van der Waals surface area contributed by atoms with E-state index in [0.29, 0.717) is 39.6 Å². The van der Waals surface area contributed by atoms with Gasteiger partial charge < -0.3 is 9.84 Å². The van der Waals surface area contributed by atoms with Crippen LogP contribution in [0.25, 0.3) is 0 Å². The maximum atomic E-state index is 12.9. The summed E-state index contributed by atoms with van der Waals surface area (Å²) in [5, 5.41) is 6.26. The molecular formula is C31H48N2O2. The Morgan fingerprint density at radius 2 is 1.54 bits per heavy atom. The zero-order valence-electron chi connectivity index (χ0n) is 23.3. The van der Waals surface area contributed by atoms with Gasteiger partial charge in [0, 0.05) is 16.7 Å². The third-order valence-electron chi connectivity index (χ3n) is 14.3. The first-order valence-electron chi connectivity index (χ1n) is 14.7. The molecule has 2 bridgehead atoms. The molecule has 5 fully saturated rings. The molecule has 1 aliphatic heterocycles. The standard InChI is InChI=1S/C31H48N2O2/c1-26(2)12-14-31-15-13-29(6)19(22(31)24(26)35-17-31)8-9-21-28(5)16-18-23(32-33-25(18)34)27(3,4)20(28)10-11-30(21,29)7/h19-22,24H,8-17H2,1-7H3,(H2,32,33,34)/t19-,20+,21-,22+,24-,28+,29-,30-,31-/m1/s1. The first kappa shape index (κ1) is 23.1. The minimum atomic E-state index is 0.0115. The number of fused-ring (bicyclic) bond motifs is 6. The number of rotatable bonds is 0. The highest BCUT2D eigenvalue weighted by Crippen LogP contribution is 2.77. The van der Waals surface area contributed by atoms with Crippen molar-refractivity contribution in [1.82, 2.24) is 10.2 Å². The molecular weight excluding hydrogens is 432 g/mol. The van der Waals surface area contributed by atoms with Gasteiger partial charge in [-0.2, -0.15) is 0 Å². The normalized spacial score (nSPS) is 53.1. The molecule has 1 aromatic rings. The summed E-state index contributed by atoms with van der Waals surface area (Å²) >= 11 is 0. The van der Waals surface area contributed by atoms with E-state index in [1.54, 1.807) is 0 Å². The fraction of sp³-hybridized carbons (Fsp3) is 0.903. The predicted octanol–water partition coefficient (Wildman–Crippen LogP) is 6.61. The molecule has 2 N–H and O–H groups in total. The molecule has 6 aliphatic rings. The van der Waals surface area contributed by atoms with Gasteiger partial charge in [0.25, 0.3) is 5.56 Å². The zero-order chi connectivity index (χ0) is 24.8. The van der Waals surface area contributed by atoms with E-state index in [4.69, 9.17) is 4.74 Å². The molecule has 0 unspecified atom stereocenters. The van der Waals surface area contributed by atoms with Gasteiger partial charge in [0.05, 0.1) is 12.7 Å². The van der Waals surface area contributed by atoms with Gasteiger partial charge in [-0.3, -0.25) is 9.89 Å². The summed E-state index contributed by atoms with van der Waals surface area (Å²) in [5.41, 5.74) is 4.02. The van der Waals surface area contributed by atoms with Crippen LogP contribution in [0.3, 0.4) is 0 Å². The average Bonchev–Trinajstić information content (AvgIpc) is 3.31. The molecule has 0 spiro atoms. The van der Waals surface area contributed by atoms with Crippen molar-refractivity contribution in [2.24, 2.45) is 50.7 Å². The SMILES string of the molecule is CC1(C)CC[C@]23CC[C@]4(C)[C@H](CC[C@@H]5[C@@]6(C)Cc7c([nH][nH]c7=O)C(C)(C)[C@@H]6CC[C@]54C)[C@H]2[C@H]1OC3. The Hall–Kier alpha value is -1.03. The highest BCUT2D eigenvalue weighted by atomic mass is 16.5. The van der Waals surface area contributed by atoms with Crippen molar-refractivity contribution in [3.8, 4) is 0 Å². The van der Waals surface area contributed by atoms with Gasteiger partial charge in [0.1, 0.15) is 0 Å². The molecule has 0 aromatic carbocycles. The molecule has 1 saturated heterocycles. The Morgan fingerprint density at radius 3 is 2.31 bits per heavy atom. The summed E-state index contributed by atoms with van der Waals surface area (Å²) in [4.78, 5) is 12.9. The monoisotopic (exact) mass is 480 g/mol. The Balaban J connectivity index is 1.31. The van der Waals surface area contributed by atoms with Gasteiger partial charge in [-0.1, -0.05) is 48.5 Å². The van der Waals surface area contributed by atoms with Gasteiger partial charge in [0.15, 0.2) is 0 Å². The summed E-state index contributed by atoms with van der Waals surface area (Å²) in [5.74, 6) is 2.83. The smallest absolute Gasteiger partial charge is 0.267 e. The van der Waals surface area contributed by atoms with E-state index in [-0.39, 0.29) is 16.4 Å². The van der Waals surface area contributed by atoms with Crippen LogP contribution < -0.4 is 5.56 Å². The summed E-state index contributed by atoms with van der Waals surface area (Å²) in [7, 11) is 0. The van der Waals surface area contributed by atoms with Crippen LogP contribution in [0.2, 0.25) is 0 Å². The lowest BCUT2D eigenvalue weighted by Crippen LogP contribution is -2.67. The van der Waals surface area contributed by atoms with Crippen LogP contribution in [0.15, 0.2) is 4.79 Å². The van der Waals surface area contributed by atoms with Gasteiger partial charge in [-0.25, -0.2) is 0 Å². The lowest BCUT2D eigenvalue weighted by Gasteiger charge is -2.72. The minimum Gasteiger partial charge on any atom is -0.377 e. The van der Waals surface area contributed by atoms with Crippen LogP contribution in [0.5, 0.6) is 0 Å². The summed E-state index contributed by atoms with van der Waals surface area (Å²) in [6, 6.07) is 0. The van der Waals surface area contributed by atoms with Crippen molar-refractivity contribution in [3.05, 3.63) is 21.6 Å². The lowest BCUT2D eigenvalue weighted by molar-refractivity contribution is -0.232. The molecule has 2 heterocycles. The van der Waals surface area contributed by atoms with E-state index < -0.39 is 0 Å². The number of H-pyrrole nitrogens is 2. The number of nitrogens with one attached hydrogen (secondary N) is 2. The Kier molecular flexibility index (Phi) is 4.30. The summed E-state index contributed by atoms with van der Waals surface area (Å²) < 4.78 is 6.73. The molecule has 4 nitrogen and oxygen atoms in total. The molecule has 4 heteroatoms. The number of hydrogen-bond donors (Lipinski definition) is 2. The molecule has 5 aliphatic carbocycles. The molecule has 194 valence electrons. The van der Waals surface area contributed by atoms with Crippen LogP contribution in [-0.2, 0) is 16.6 Å². The number of aromatic nitrogens is 2. The first-order chi connectivity index (χ1) is 16.3. The fourth-order valence-corrected chi connectivity index (χ4v) is 12.4. The van der Waals surface area contributed by atoms with E-state index >= 15 is 0 Å². The molecule has 7 rings (SSSR count). The van der Waals surface area contributed by atoms with Crippen LogP contribution in [0.1, 0.15) is 111 Å². The minimum absolute atomic E-state index is 0.0115. The van der Waals surface area contributed by atoms with E-state index in [9.17, 15) is 4.79 Å². The maximum absolute atomic E-state index is 12.9. The maximum Gasteiger partial charge on any atom is 0.267 e. The quantitative estimate of drug-likeness (QED) is 0.439. The third kappa shape index (κ3) is 2.48. The zero-order valence-corrected chi connectivity index (χ0v) is 23.3. The molecule has 0 amide bonds. The van der Waals surface area contributed by atoms with E-state index in [2.05, 4.69) is 58.7 Å². The molecule has 35 heavy (non-hydrogen) atoms. The van der Waals surface area contributed by atoms with Gasteiger partial charge >= 0.3 is 0 Å². The Morgan fingerprint density at radius 1 is 0.800 bits per heavy atom. The van der Waals surface area contributed by atoms with E-state index in [1.165, 1.54) is 57.1 Å². The predicted molar refractivity (Wildman–Crippen MR) is 139 cm³/mol. The fourth-order valence-electron chi connectivity index (χ4n) is 12.4. The highest BCUT2D eigenvalue weighted by Gasteiger charge is 2.72. The number of aromatic amines is 2. The summed E-state index contributed by atoms with van der Waals surface area (Å²) in [6.07, 6.45) is 12.2. The van der Waals surface area contributed by atoms with Crippen molar-refractivity contribution < 1.29 is 4.74 Å². The van der Waals surface area contributed by atoms with Crippen molar-refractivity contribution in [1.29, 1.82) is 0 Å². The highest BCUT2D eigenvalue weighted by molar-refractivity contribution is 5.34. The van der Waals surface area contributed by atoms with Crippen LogP contribution in [0.4, 0.5) is 0 Å². The van der Waals surface area contributed by atoms with Crippen molar-refractivity contribution in [2.75, 3.05) is 6.61 Å². The second-order valence-electron chi connectivity index (χ2n) is 16.1. The van der Waals surface area contributed by atoms with Crippen LogP contribution in [-0.4, -0.2) is 22.9 Å². The second kappa shape index (κ2) is 6.51. The summed E-state index contributed by atoms with van der Waals surface area (Å²) in [6.45, 7) is 18.8. The van der Waals surface area contributed by atoms with Crippen molar-refractivity contribution >= 4 is 0 Å². The second-order valence-corrected chi connectivity index (χ2v) is 16.1. The largest absolute Gasteiger partial charge is 0.377 e. The molecule has 1 aromatic heterocycles. The Bertz CT molecular complexity index is 1130. The van der Waals surface area contributed by atoms with Crippen molar-refractivity contribution in [2.45, 2.75) is 118 Å². The first-order valence-corrected chi connectivity index (χ1v) is 14.7. The van der Waals surface area contributed by atoms with E-state index in [0.717, 1.165) is 30.4 Å². The number of ether oxygens (including phenoxy) is 1. The van der Waals surface area contributed by atoms with Crippen molar-refractivity contribution in [3.63, 3.8) is 0 Å². The third-order valence-corrected chi connectivity index (χ3v) is 14.3. The molecule has 9 atom stereocenters. The van der Waals surface area contributed by atoms with E-state index in [1.807, 2.05) is 0 Å². The van der Waals surface area contributed by atoms with Gasteiger partial charge in [-0.05, 0) is 109 Å².